The second kappa shape index (κ2) is 6.71. The van der Waals surface area contributed by atoms with Crippen molar-refractivity contribution < 1.29 is 9.21 Å². The molecule has 0 bridgehead atoms. The van der Waals surface area contributed by atoms with Gasteiger partial charge in [-0.05, 0) is 43.5 Å². The van der Waals surface area contributed by atoms with E-state index in [-0.39, 0.29) is 5.91 Å². The summed E-state index contributed by atoms with van der Waals surface area (Å²) in [5, 5.41) is 2.86. The van der Waals surface area contributed by atoms with Gasteiger partial charge >= 0.3 is 0 Å². The molecule has 4 nitrogen and oxygen atoms in total. The van der Waals surface area contributed by atoms with Gasteiger partial charge in [0.1, 0.15) is 5.76 Å². The van der Waals surface area contributed by atoms with Crippen LogP contribution in [0, 0.1) is 6.92 Å². The minimum absolute atomic E-state index is 0.272. The smallest absolute Gasteiger partial charge is 0.277 e. The summed E-state index contributed by atoms with van der Waals surface area (Å²) in [5.74, 6) is 0.681. The van der Waals surface area contributed by atoms with Crippen LogP contribution < -0.4 is 5.32 Å². The Kier molecular flexibility index (Phi) is 4.48. The molecule has 0 spiro atoms. The van der Waals surface area contributed by atoms with Gasteiger partial charge in [-0.25, -0.2) is 4.98 Å². The first-order valence-electron chi connectivity index (χ1n) is 7.15. The standard InChI is InChI=1S/C18H16N2O2S/c1-12-16(20-18(22-12)13-7-4-3-5-8-13)17(21)19-14-9-6-10-15(11-14)23-2/h3-11H,1-2H3,(H,19,21). The van der Waals surface area contributed by atoms with Gasteiger partial charge in [0.25, 0.3) is 5.91 Å². The third-order valence-corrected chi connectivity index (χ3v) is 4.09. The summed E-state index contributed by atoms with van der Waals surface area (Å²) in [6.45, 7) is 1.74. The minimum Gasteiger partial charge on any atom is -0.441 e. The number of thioether (sulfide) groups is 1. The molecule has 0 atom stereocenters. The van der Waals surface area contributed by atoms with E-state index in [1.807, 2.05) is 60.9 Å². The average Bonchev–Trinajstić information content (AvgIpc) is 2.98. The van der Waals surface area contributed by atoms with E-state index >= 15 is 0 Å². The van der Waals surface area contributed by atoms with Crippen molar-refractivity contribution in [2.24, 2.45) is 0 Å². The number of amides is 1. The Labute approximate surface area is 138 Å². The first kappa shape index (κ1) is 15.4. The van der Waals surface area contributed by atoms with E-state index in [0.29, 0.717) is 17.3 Å². The van der Waals surface area contributed by atoms with Crippen molar-refractivity contribution in [2.75, 3.05) is 11.6 Å². The van der Waals surface area contributed by atoms with Crippen molar-refractivity contribution in [3.8, 4) is 11.5 Å². The van der Waals surface area contributed by atoms with E-state index < -0.39 is 0 Å². The number of oxazole rings is 1. The molecular formula is C18H16N2O2S. The number of carbonyl (C=O) groups excluding carboxylic acids is 1. The molecule has 23 heavy (non-hydrogen) atoms. The van der Waals surface area contributed by atoms with E-state index in [2.05, 4.69) is 10.3 Å². The van der Waals surface area contributed by atoms with E-state index in [0.717, 1.165) is 16.1 Å². The van der Waals surface area contributed by atoms with Crippen molar-refractivity contribution in [3.05, 3.63) is 66.1 Å². The highest BCUT2D eigenvalue weighted by atomic mass is 32.2. The van der Waals surface area contributed by atoms with E-state index in [4.69, 9.17) is 4.42 Å². The largest absolute Gasteiger partial charge is 0.441 e. The quantitative estimate of drug-likeness (QED) is 0.711. The Balaban J connectivity index is 1.84. The molecule has 5 heteroatoms. The lowest BCUT2D eigenvalue weighted by Crippen LogP contribution is -2.13. The molecule has 0 saturated heterocycles. The summed E-state index contributed by atoms with van der Waals surface area (Å²) >= 11 is 1.62. The van der Waals surface area contributed by atoms with Gasteiger partial charge < -0.3 is 9.73 Å². The monoisotopic (exact) mass is 324 g/mol. The van der Waals surface area contributed by atoms with Crippen molar-refractivity contribution in [3.63, 3.8) is 0 Å². The number of anilines is 1. The van der Waals surface area contributed by atoms with Crippen LogP contribution in [0.3, 0.4) is 0 Å². The number of hydrogen-bond donors (Lipinski definition) is 1. The summed E-state index contributed by atoms with van der Waals surface area (Å²) in [6, 6.07) is 17.2. The second-order valence-electron chi connectivity index (χ2n) is 4.98. The van der Waals surface area contributed by atoms with Crippen LogP contribution in [0.1, 0.15) is 16.2 Å². The van der Waals surface area contributed by atoms with Crippen molar-refractivity contribution in [2.45, 2.75) is 11.8 Å². The first-order valence-corrected chi connectivity index (χ1v) is 8.38. The third kappa shape index (κ3) is 3.46. The Hall–Kier alpha value is -2.53. The molecule has 2 aromatic carbocycles. The number of nitrogens with one attached hydrogen (secondary N) is 1. The van der Waals surface area contributed by atoms with Gasteiger partial charge in [-0.1, -0.05) is 24.3 Å². The Bertz CT molecular complexity index is 828. The predicted molar refractivity (Wildman–Crippen MR) is 92.9 cm³/mol. The maximum atomic E-state index is 12.4. The van der Waals surface area contributed by atoms with E-state index in [9.17, 15) is 4.79 Å². The molecule has 0 fully saturated rings. The SMILES string of the molecule is CSc1cccc(NC(=O)c2nc(-c3ccccc3)oc2C)c1. The van der Waals surface area contributed by atoms with Crippen LogP contribution in [-0.4, -0.2) is 17.1 Å². The van der Waals surface area contributed by atoms with Crippen LogP contribution >= 0.6 is 11.8 Å². The molecule has 0 saturated carbocycles. The molecule has 1 N–H and O–H groups in total. The van der Waals surface area contributed by atoms with Gasteiger partial charge in [-0.3, -0.25) is 4.79 Å². The van der Waals surface area contributed by atoms with E-state index in [1.54, 1.807) is 18.7 Å². The lowest BCUT2D eigenvalue weighted by atomic mass is 10.2. The topological polar surface area (TPSA) is 55.1 Å². The van der Waals surface area contributed by atoms with Crippen molar-refractivity contribution in [1.82, 2.24) is 4.98 Å². The van der Waals surface area contributed by atoms with Crippen molar-refractivity contribution >= 4 is 23.4 Å². The number of aromatic nitrogens is 1. The zero-order valence-corrected chi connectivity index (χ0v) is 13.7. The third-order valence-electron chi connectivity index (χ3n) is 3.36. The van der Waals surface area contributed by atoms with Gasteiger partial charge in [0.2, 0.25) is 5.89 Å². The van der Waals surface area contributed by atoms with Gasteiger partial charge in [-0.2, -0.15) is 0 Å². The molecule has 0 radical (unpaired) electrons. The summed E-state index contributed by atoms with van der Waals surface area (Å²) in [5.41, 5.74) is 1.89. The summed E-state index contributed by atoms with van der Waals surface area (Å²) in [6.07, 6.45) is 1.99. The molecule has 0 aliphatic carbocycles. The van der Waals surface area contributed by atoms with Gasteiger partial charge in [0.05, 0.1) is 0 Å². The molecule has 1 heterocycles. The van der Waals surface area contributed by atoms with E-state index in [1.165, 1.54) is 0 Å². The zero-order chi connectivity index (χ0) is 16.2. The first-order chi connectivity index (χ1) is 11.2. The fourth-order valence-electron chi connectivity index (χ4n) is 2.20. The van der Waals surface area contributed by atoms with Gasteiger partial charge in [-0.15, -0.1) is 11.8 Å². The Morgan fingerprint density at radius 2 is 1.91 bits per heavy atom. The van der Waals surface area contributed by atoms with Crippen molar-refractivity contribution in [1.29, 1.82) is 0 Å². The maximum absolute atomic E-state index is 12.4. The van der Waals surface area contributed by atoms with Crippen LogP contribution in [0.25, 0.3) is 11.5 Å². The predicted octanol–water partition coefficient (Wildman–Crippen LogP) is 4.62. The molecular weight excluding hydrogens is 308 g/mol. The Morgan fingerprint density at radius 1 is 1.13 bits per heavy atom. The maximum Gasteiger partial charge on any atom is 0.277 e. The molecule has 1 amide bonds. The summed E-state index contributed by atoms with van der Waals surface area (Å²) in [7, 11) is 0. The van der Waals surface area contributed by atoms with Crippen LogP contribution in [0.15, 0.2) is 63.9 Å². The second-order valence-corrected chi connectivity index (χ2v) is 5.86. The minimum atomic E-state index is -0.272. The van der Waals surface area contributed by atoms with Crippen LogP contribution in [0.2, 0.25) is 0 Å². The summed E-state index contributed by atoms with van der Waals surface area (Å²) < 4.78 is 5.63. The van der Waals surface area contributed by atoms with Crippen LogP contribution in [0.5, 0.6) is 0 Å². The fourth-order valence-corrected chi connectivity index (χ4v) is 2.66. The molecule has 3 aromatic rings. The highest BCUT2D eigenvalue weighted by molar-refractivity contribution is 7.98. The lowest BCUT2D eigenvalue weighted by Gasteiger charge is -2.04. The highest BCUT2D eigenvalue weighted by Crippen LogP contribution is 2.23. The average molecular weight is 324 g/mol. The number of aryl methyl sites for hydroxylation is 1. The molecule has 1 aromatic heterocycles. The molecule has 0 aliphatic rings. The number of carbonyl (C=O) groups is 1. The zero-order valence-electron chi connectivity index (χ0n) is 12.9. The normalized spacial score (nSPS) is 10.5. The number of nitrogens with zero attached hydrogens (tertiary/aromatic N) is 1. The molecule has 116 valence electrons. The molecule has 3 rings (SSSR count). The van der Waals surface area contributed by atoms with Gasteiger partial charge in [0, 0.05) is 16.1 Å². The molecule has 0 aliphatic heterocycles. The number of hydrogen-bond acceptors (Lipinski definition) is 4. The summed E-state index contributed by atoms with van der Waals surface area (Å²) in [4.78, 5) is 17.9. The van der Waals surface area contributed by atoms with Crippen LogP contribution in [0.4, 0.5) is 5.69 Å². The number of benzene rings is 2. The number of rotatable bonds is 4. The fraction of sp³-hybridized carbons (Fsp3) is 0.111. The van der Waals surface area contributed by atoms with Gasteiger partial charge in [0.15, 0.2) is 5.69 Å². The lowest BCUT2D eigenvalue weighted by molar-refractivity contribution is 0.102. The Morgan fingerprint density at radius 3 is 2.65 bits per heavy atom. The van der Waals surface area contributed by atoms with Crippen LogP contribution in [-0.2, 0) is 0 Å². The molecule has 0 unspecified atom stereocenters. The highest BCUT2D eigenvalue weighted by Gasteiger charge is 2.18.